The molecule has 4 aromatic rings. The van der Waals surface area contributed by atoms with Crippen molar-refractivity contribution in [1.82, 2.24) is 15.1 Å². The Balaban J connectivity index is 1.44. The molecule has 3 aromatic carbocycles. The van der Waals surface area contributed by atoms with E-state index in [1.54, 1.807) is 73.7 Å². The van der Waals surface area contributed by atoms with Crippen molar-refractivity contribution in [2.45, 2.75) is 13.0 Å². The van der Waals surface area contributed by atoms with E-state index < -0.39 is 36.2 Å². The minimum absolute atomic E-state index is 0.331. The highest BCUT2D eigenvalue weighted by atomic mass is 19.1. The molecule has 1 atom stereocenters. The first-order valence-electron chi connectivity index (χ1n) is 11.1. The molecular formula is C27H23FN4O4. The predicted octanol–water partition coefficient (Wildman–Crippen LogP) is 3.97. The Labute approximate surface area is 206 Å². The first kappa shape index (κ1) is 24.3. The highest BCUT2D eigenvalue weighted by molar-refractivity contribution is 5.97. The zero-order valence-corrected chi connectivity index (χ0v) is 19.4. The number of rotatable bonds is 8. The number of nitrogens with zero attached hydrogens (tertiary/aromatic N) is 2. The summed E-state index contributed by atoms with van der Waals surface area (Å²) in [6.45, 7) is 1.16. The van der Waals surface area contributed by atoms with E-state index in [2.05, 4.69) is 15.7 Å². The molecule has 9 heteroatoms. The Hall–Kier alpha value is -4.79. The van der Waals surface area contributed by atoms with E-state index in [0.717, 1.165) is 0 Å². The molecule has 0 spiro atoms. The monoisotopic (exact) mass is 486 g/mol. The summed E-state index contributed by atoms with van der Waals surface area (Å²) in [6, 6.07) is 23.2. The third-order valence-electron chi connectivity index (χ3n) is 5.20. The van der Waals surface area contributed by atoms with Crippen molar-refractivity contribution in [3.63, 3.8) is 0 Å². The molecule has 0 aliphatic rings. The van der Waals surface area contributed by atoms with Gasteiger partial charge in [-0.15, -0.1) is 0 Å². The number of carbonyl (C=O) groups excluding carboxylic acids is 3. The number of halogens is 1. The van der Waals surface area contributed by atoms with E-state index in [1.807, 2.05) is 0 Å². The van der Waals surface area contributed by atoms with Crippen molar-refractivity contribution in [1.29, 1.82) is 0 Å². The molecule has 1 aromatic heterocycles. The quantitative estimate of drug-likeness (QED) is 0.367. The number of aromatic nitrogens is 2. The summed E-state index contributed by atoms with van der Waals surface area (Å²) in [5, 5.41) is 9.63. The van der Waals surface area contributed by atoms with Crippen LogP contribution in [0.15, 0.2) is 91.0 Å². The predicted molar refractivity (Wildman–Crippen MR) is 131 cm³/mol. The van der Waals surface area contributed by atoms with Gasteiger partial charge in [-0.3, -0.25) is 9.59 Å². The lowest BCUT2D eigenvalue weighted by Gasteiger charge is -2.18. The molecule has 0 radical (unpaired) electrons. The number of amides is 2. The molecule has 8 nitrogen and oxygen atoms in total. The van der Waals surface area contributed by atoms with Gasteiger partial charge in [-0.25, -0.2) is 13.9 Å². The van der Waals surface area contributed by atoms with Crippen molar-refractivity contribution < 1.29 is 23.5 Å². The fraction of sp³-hybridized carbons (Fsp3) is 0.111. The number of aryl methyl sites for hydroxylation is 1. The number of carbonyl (C=O) groups is 3. The fourth-order valence-electron chi connectivity index (χ4n) is 3.49. The molecule has 4 rings (SSSR count). The molecule has 0 fully saturated rings. The average molecular weight is 487 g/mol. The minimum Gasteiger partial charge on any atom is -0.454 e. The summed E-state index contributed by atoms with van der Waals surface area (Å²) in [5.74, 6) is -1.91. The van der Waals surface area contributed by atoms with Gasteiger partial charge in [0.2, 0.25) is 0 Å². The summed E-state index contributed by atoms with van der Waals surface area (Å²) in [4.78, 5) is 38.2. The van der Waals surface area contributed by atoms with Gasteiger partial charge in [0.15, 0.2) is 12.6 Å². The first-order chi connectivity index (χ1) is 17.4. The van der Waals surface area contributed by atoms with Crippen LogP contribution in [0.5, 0.6) is 0 Å². The topological polar surface area (TPSA) is 102 Å². The van der Waals surface area contributed by atoms with Gasteiger partial charge in [0.25, 0.3) is 11.8 Å². The largest absolute Gasteiger partial charge is 0.454 e. The molecule has 0 bridgehead atoms. The molecular weight excluding hydrogens is 463 g/mol. The lowest BCUT2D eigenvalue weighted by atomic mass is 10.1. The molecule has 0 aliphatic heterocycles. The maximum atomic E-state index is 13.3. The molecule has 0 saturated carbocycles. The van der Waals surface area contributed by atoms with E-state index >= 15 is 0 Å². The molecule has 1 heterocycles. The van der Waals surface area contributed by atoms with Crippen LogP contribution in [0.25, 0.3) is 5.69 Å². The van der Waals surface area contributed by atoms with Crippen LogP contribution in [0, 0.1) is 12.7 Å². The van der Waals surface area contributed by atoms with Crippen LogP contribution >= 0.6 is 0 Å². The molecule has 1 unspecified atom stereocenters. The third kappa shape index (κ3) is 6.01. The standard InChI is InChI=1S/C27H23FN4O4/c1-18-16-23(32(31-18)22-14-12-21(28)13-15-22)29-24(33)17-36-27(35)25(19-8-4-2-5-9-19)30-26(34)20-10-6-3-7-11-20/h2-16,25H,17H2,1H3,(H,29,33)(H,30,34). The van der Waals surface area contributed by atoms with Gasteiger partial charge in [0.1, 0.15) is 11.6 Å². The third-order valence-corrected chi connectivity index (χ3v) is 5.20. The molecule has 0 aliphatic carbocycles. The van der Waals surface area contributed by atoms with Gasteiger partial charge >= 0.3 is 5.97 Å². The second kappa shape index (κ2) is 11.1. The highest BCUT2D eigenvalue weighted by Crippen LogP contribution is 2.19. The Morgan fingerprint density at radius 1 is 0.944 bits per heavy atom. The second-order valence-corrected chi connectivity index (χ2v) is 7.90. The van der Waals surface area contributed by atoms with Crippen LogP contribution in [0.1, 0.15) is 27.7 Å². The molecule has 2 amide bonds. The fourth-order valence-corrected chi connectivity index (χ4v) is 3.49. The van der Waals surface area contributed by atoms with Gasteiger partial charge in [-0.1, -0.05) is 48.5 Å². The van der Waals surface area contributed by atoms with E-state index in [-0.39, 0.29) is 0 Å². The SMILES string of the molecule is Cc1cc(NC(=O)COC(=O)C(NC(=O)c2ccccc2)c2ccccc2)n(-c2ccc(F)cc2)n1. The molecule has 36 heavy (non-hydrogen) atoms. The van der Waals surface area contributed by atoms with Crippen molar-refractivity contribution >= 4 is 23.6 Å². The van der Waals surface area contributed by atoms with Crippen LogP contribution in [-0.2, 0) is 14.3 Å². The zero-order valence-electron chi connectivity index (χ0n) is 19.4. The first-order valence-corrected chi connectivity index (χ1v) is 11.1. The number of hydrogen-bond acceptors (Lipinski definition) is 5. The van der Waals surface area contributed by atoms with Gasteiger partial charge < -0.3 is 15.4 Å². The van der Waals surface area contributed by atoms with E-state index in [1.165, 1.54) is 28.9 Å². The average Bonchev–Trinajstić information content (AvgIpc) is 3.26. The maximum Gasteiger partial charge on any atom is 0.333 e. The van der Waals surface area contributed by atoms with Gasteiger partial charge in [0.05, 0.1) is 11.4 Å². The van der Waals surface area contributed by atoms with Crippen molar-refractivity contribution in [3.8, 4) is 5.69 Å². The minimum atomic E-state index is -1.11. The number of nitrogens with one attached hydrogen (secondary N) is 2. The van der Waals surface area contributed by atoms with Crippen LogP contribution in [-0.4, -0.2) is 34.2 Å². The van der Waals surface area contributed by atoms with E-state index in [4.69, 9.17) is 4.74 Å². The van der Waals surface area contributed by atoms with Gasteiger partial charge in [-0.2, -0.15) is 5.10 Å². The summed E-state index contributed by atoms with van der Waals surface area (Å²) >= 11 is 0. The van der Waals surface area contributed by atoms with E-state index in [9.17, 15) is 18.8 Å². The second-order valence-electron chi connectivity index (χ2n) is 7.90. The number of benzene rings is 3. The lowest BCUT2D eigenvalue weighted by molar-refractivity contribution is -0.149. The summed E-state index contributed by atoms with van der Waals surface area (Å²) in [5.41, 5.74) is 2.06. The van der Waals surface area contributed by atoms with Crippen LogP contribution in [0.2, 0.25) is 0 Å². The van der Waals surface area contributed by atoms with E-state index in [0.29, 0.717) is 28.3 Å². The Morgan fingerprint density at radius 3 is 2.25 bits per heavy atom. The number of anilines is 1. The van der Waals surface area contributed by atoms with Crippen molar-refractivity contribution in [2.75, 3.05) is 11.9 Å². The van der Waals surface area contributed by atoms with Crippen LogP contribution < -0.4 is 10.6 Å². The zero-order chi connectivity index (χ0) is 25.5. The molecule has 182 valence electrons. The normalized spacial score (nSPS) is 11.4. The Morgan fingerprint density at radius 2 is 1.58 bits per heavy atom. The van der Waals surface area contributed by atoms with Gasteiger partial charge in [-0.05, 0) is 48.9 Å². The smallest absolute Gasteiger partial charge is 0.333 e. The number of ether oxygens (including phenoxy) is 1. The summed E-state index contributed by atoms with van der Waals surface area (Å²) in [6.07, 6.45) is 0. The lowest BCUT2D eigenvalue weighted by Crippen LogP contribution is -2.36. The number of esters is 1. The number of hydrogen-bond donors (Lipinski definition) is 2. The maximum absolute atomic E-state index is 13.3. The molecule has 0 saturated heterocycles. The van der Waals surface area contributed by atoms with Crippen LogP contribution in [0.3, 0.4) is 0 Å². The Kier molecular flexibility index (Phi) is 7.50. The van der Waals surface area contributed by atoms with Gasteiger partial charge in [0, 0.05) is 11.6 Å². The summed E-state index contributed by atoms with van der Waals surface area (Å²) < 4.78 is 20.0. The molecule has 2 N–H and O–H groups in total. The van der Waals surface area contributed by atoms with Crippen molar-refractivity contribution in [2.24, 2.45) is 0 Å². The van der Waals surface area contributed by atoms with Crippen molar-refractivity contribution in [3.05, 3.63) is 114 Å². The van der Waals surface area contributed by atoms with Crippen LogP contribution in [0.4, 0.5) is 10.2 Å². The highest BCUT2D eigenvalue weighted by Gasteiger charge is 2.25. The Bertz CT molecular complexity index is 1360. The summed E-state index contributed by atoms with van der Waals surface area (Å²) in [7, 11) is 0.